The van der Waals surface area contributed by atoms with Gasteiger partial charge in [0.1, 0.15) is 11.5 Å². The first-order valence-corrected chi connectivity index (χ1v) is 10.3. The summed E-state index contributed by atoms with van der Waals surface area (Å²) < 4.78 is 19.5. The van der Waals surface area contributed by atoms with Crippen molar-refractivity contribution in [1.82, 2.24) is 0 Å². The highest BCUT2D eigenvalue weighted by molar-refractivity contribution is 6.52. The lowest BCUT2D eigenvalue weighted by Crippen LogP contribution is -2.29. The molecule has 0 aliphatic carbocycles. The van der Waals surface area contributed by atoms with Gasteiger partial charge in [0.05, 0.1) is 29.3 Å². The molecule has 0 fully saturated rings. The first-order chi connectivity index (χ1) is 14.5. The second kappa shape index (κ2) is 9.09. The first kappa shape index (κ1) is 20.7. The van der Waals surface area contributed by atoms with Crippen LogP contribution in [0.15, 0.2) is 71.7 Å². The van der Waals surface area contributed by atoms with Crippen LogP contribution >= 0.6 is 23.2 Å². The average Bonchev–Trinajstić information content (AvgIpc) is 2.76. The summed E-state index contributed by atoms with van der Waals surface area (Å²) in [6, 6.07) is 18.7. The molecule has 0 saturated heterocycles. The van der Waals surface area contributed by atoms with Gasteiger partial charge in [-0.05, 0) is 36.2 Å². The second-order valence-corrected chi connectivity index (χ2v) is 7.87. The van der Waals surface area contributed by atoms with E-state index < -0.39 is 0 Å². The predicted octanol–water partition coefficient (Wildman–Crippen LogP) is 5.95. The third kappa shape index (κ3) is 4.46. The third-order valence-corrected chi connectivity index (χ3v) is 5.70. The Balaban J connectivity index is 1.56. The molecule has 1 aliphatic heterocycles. The molecule has 0 aromatic heterocycles. The van der Waals surface area contributed by atoms with Crippen molar-refractivity contribution < 1.29 is 13.9 Å². The van der Waals surface area contributed by atoms with E-state index in [1.54, 1.807) is 36.4 Å². The highest BCUT2D eigenvalue weighted by Crippen LogP contribution is 2.26. The van der Waals surface area contributed by atoms with Crippen molar-refractivity contribution in [1.29, 1.82) is 0 Å². The number of hydrogen-bond donors (Lipinski definition) is 0. The summed E-state index contributed by atoms with van der Waals surface area (Å²) in [6.07, 6.45) is 0.644. The van der Waals surface area contributed by atoms with E-state index in [1.165, 1.54) is 6.07 Å². The molecule has 6 heteroatoms. The molecule has 30 heavy (non-hydrogen) atoms. The molecule has 4 rings (SSSR count). The number of rotatable bonds is 6. The van der Waals surface area contributed by atoms with Gasteiger partial charge in [-0.2, -0.15) is 0 Å². The summed E-state index contributed by atoms with van der Waals surface area (Å²) in [7, 11) is 0. The van der Waals surface area contributed by atoms with E-state index in [0.717, 1.165) is 11.1 Å². The Kier molecular flexibility index (Phi) is 6.28. The van der Waals surface area contributed by atoms with Crippen molar-refractivity contribution in [2.45, 2.75) is 19.1 Å². The number of fused-ring (bicyclic) bond motifs is 1. The molecule has 0 saturated carbocycles. The highest BCUT2D eigenvalue weighted by atomic mass is 35.5. The fourth-order valence-corrected chi connectivity index (χ4v) is 3.75. The minimum atomic E-state index is -0.300. The van der Waals surface area contributed by atoms with Gasteiger partial charge in [0.15, 0.2) is 0 Å². The number of aliphatic imine (C=N–C) groups is 1. The van der Waals surface area contributed by atoms with Crippen molar-refractivity contribution in [3.63, 3.8) is 0 Å². The number of ketones is 1. The molecule has 0 unspecified atom stereocenters. The predicted molar refractivity (Wildman–Crippen MR) is 117 cm³/mol. The number of carbonyl (C=O) groups is 1. The molecule has 0 bridgehead atoms. The van der Waals surface area contributed by atoms with Gasteiger partial charge in [0.25, 0.3) is 0 Å². The number of Topliss-reactive ketones (excluding diaryl/α,β-unsaturated/α-hetero) is 1. The Morgan fingerprint density at radius 3 is 2.60 bits per heavy atom. The molecule has 1 atom stereocenters. The quantitative estimate of drug-likeness (QED) is 0.443. The molecule has 0 N–H and O–H groups in total. The number of hydrogen-bond acceptors (Lipinski definition) is 3. The topological polar surface area (TPSA) is 38.7 Å². The van der Waals surface area contributed by atoms with E-state index in [9.17, 15) is 9.18 Å². The normalized spacial score (nSPS) is 15.4. The smallest absolute Gasteiger partial charge is 0.211 e. The summed E-state index contributed by atoms with van der Waals surface area (Å²) in [5, 5.41) is 0.704. The monoisotopic (exact) mass is 441 g/mol. The summed E-state index contributed by atoms with van der Waals surface area (Å²) >= 11 is 12.1. The van der Waals surface area contributed by atoms with Crippen LogP contribution in [-0.4, -0.2) is 24.1 Å². The molecule has 0 radical (unpaired) electrons. The van der Waals surface area contributed by atoms with Gasteiger partial charge < -0.3 is 4.74 Å². The lowest BCUT2D eigenvalue weighted by molar-refractivity contribution is 0.103. The Labute approximate surface area is 184 Å². The van der Waals surface area contributed by atoms with E-state index in [2.05, 4.69) is 4.99 Å². The molecule has 1 aliphatic rings. The highest BCUT2D eigenvalue weighted by Gasteiger charge is 2.26. The van der Waals surface area contributed by atoms with E-state index in [0.29, 0.717) is 33.3 Å². The number of halogens is 3. The standard InChI is InChI=1S/C24H18Cl2FNO2/c25-20-10-9-16(12-21(20)26)24(29)23-19-7-3-1-5-15(19)11-18(28-23)14-30-13-17-6-2-4-8-22(17)27/h1-10,12,18H,11,13-14H2/t18-/m0/s1. The van der Waals surface area contributed by atoms with Crippen molar-refractivity contribution in [3.05, 3.63) is 105 Å². The van der Waals surface area contributed by atoms with Crippen molar-refractivity contribution in [2.24, 2.45) is 4.99 Å². The number of nitrogens with zero attached hydrogens (tertiary/aromatic N) is 1. The van der Waals surface area contributed by atoms with Gasteiger partial charge in [-0.25, -0.2) is 4.39 Å². The molecule has 3 nitrogen and oxygen atoms in total. The van der Waals surface area contributed by atoms with E-state index in [1.807, 2.05) is 24.3 Å². The van der Waals surface area contributed by atoms with Crippen LogP contribution in [-0.2, 0) is 17.8 Å². The summed E-state index contributed by atoms with van der Waals surface area (Å²) in [5.74, 6) is -0.523. The molecule has 152 valence electrons. The molecule has 0 amide bonds. The van der Waals surface area contributed by atoms with Crippen molar-refractivity contribution in [3.8, 4) is 0 Å². The Bertz CT molecular complexity index is 1130. The van der Waals surface area contributed by atoms with Gasteiger partial charge >= 0.3 is 0 Å². The van der Waals surface area contributed by atoms with Gasteiger partial charge in [0, 0.05) is 16.7 Å². The van der Waals surface area contributed by atoms with Crippen LogP contribution in [0.2, 0.25) is 10.0 Å². The lowest BCUT2D eigenvalue weighted by atomic mass is 9.90. The lowest BCUT2D eigenvalue weighted by Gasteiger charge is -2.23. The Morgan fingerprint density at radius 1 is 1.03 bits per heavy atom. The van der Waals surface area contributed by atoms with Crippen LogP contribution in [0.5, 0.6) is 0 Å². The molecule has 3 aromatic rings. The maximum Gasteiger partial charge on any atom is 0.211 e. The van der Waals surface area contributed by atoms with Crippen LogP contribution in [0.4, 0.5) is 4.39 Å². The van der Waals surface area contributed by atoms with Gasteiger partial charge in [-0.3, -0.25) is 9.79 Å². The average molecular weight is 442 g/mol. The largest absolute Gasteiger partial charge is 0.374 e. The third-order valence-electron chi connectivity index (χ3n) is 4.96. The van der Waals surface area contributed by atoms with Crippen LogP contribution < -0.4 is 0 Å². The maximum atomic E-state index is 13.8. The minimum absolute atomic E-state index is 0.149. The first-order valence-electron chi connectivity index (χ1n) is 9.50. The van der Waals surface area contributed by atoms with Crippen LogP contribution in [0.3, 0.4) is 0 Å². The molecular weight excluding hydrogens is 424 g/mol. The van der Waals surface area contributed by atoms with E-state index >= 15 is 0 Å². The molecular formula is C24H18Cl2FNO2. The van der Waals surface area contributed by atoms with Gasteiger partial charge in [0.2, 0.25) is 5.78 Å². The number of carbonyl (C=O) groups excluding carboxylic acids is 1. The number of benzene rings is 3. The van der Waals surface area contributed by atoms with Crippen LogP contribution in [0.25, 0.3) is 0 Å². The number of ether oxygens (including phenoxy) is 1. The zero-order chi connectivity index (χ0) is 21.1. The summed E-state index contributed by atoms with van der Waals surface area (Å²) in [6.45, 7) is 0.428. The SMILES string of the molecule is O=C(C1=N[C@H](COCc2ccccc2F)Cc2ccccc21)c1ccc(Cl)c(Cl)c1. The van der Waals surface area contributed by atoms with Crippen molar-refractivity contribution in [2.75, 3.05) is 6.61 Å². The summed E-state index contributed by atoms with van der Waals surface area (Å²) in [5.41, 5.74) is 3.11. The van der Waals surface area contributed by atoms with Gasteiger partial charge in [-0.15, -0.1) is 0 Å². The van der Waals surface area contributed by atoms with E-state index in [4.69, 9.17) is 27.9 Å². The fourth-order valence-electron chi connectivity index (χ4n) is 3.45. The van der Waals surface area contributed by atoms with Crippen molar-refractivity contribution >= 4 is 34.7 Å². The zero-order valence-electron chi connectivity index (χ0n) is 15.9. The van der Waals surface area contributed by atoms with Gasteiger partial charge in [-0.1, -0.05) is 65.7 Å². The second-order valence-electron chi connectivity index (χ2n) is 7.06. The molecule has 1 heterocycles. The molecule has 0 spiro atoms. The zero-order valence-corrected chi connectivity index (χ0v) is 17.5. The maximum absolute atomic E-state index is 13.8. The summed E-state index contributed by atoms with van der Waals surface area (Å²) in [4.78, 5) is 17.9. The van der Waals surface area contributed by atoms with E-state index in [-0.39, 0.29) is 30.9 Å². The molecule has 3 aromatic carbocycles. The van der Waals surface area contributed by atoms with Crippen LogP contribution in [0.1, 0.15) is 27.0 Å². The Hall–Kier alpha value is -2.53. The Morgan fingerprint density at radius 2 is 1.80 bits per heavy atom. The minimum Gasteiger partial charge on any atom is -0.374 e. The van der Waals surface area contributed by atoms with Crippen LogP contribution in [0, 0.1) is 5.82 Å². The fraction of sp³-hybridized carbons (Fsp3) is 0.167.